The van der Waals surface area contributed by atoms with Crippen molar-refractivity contribution in [3.63, 3.8) is 0 Å². The number of ether oxygens (including phenoxy) is 1. The Labute approximate surface area is 107 Å². The lowest BCUT2D eigenvalue weighted by atomic mass is 10.2. The molecule has 1 fully saturated rings. The first-order valence-electron chi connectivity index (χ1n) is 6.33. The number of hydrogen-bond acceptors (Lipinski definition) is 3. The highest BCUT2D eigenvalue weighted by Gasteiger charge is 2.23. The van der Waals surface area contributed by atoms with Gasteiger partial charge in [-0.15, -0.1) is 0 Å². The van der Waals surface area contributed by atoms with Gasteiger partial charge >= 0.3 is 0 Å². The average Bonchev–Trinajstić information content (AvgIpc) is 2.82. The van der Waals surface area contributed by atoms with Crippen LogP contribution in [-0.2, 0) is 16.1 Å². The Morgan fingerprint density at radius 3 is 2.83 bits per heavy atom. The number of likely N-dealkylation sites (tertiary alicyclic amines) is 1. The normalized spacial score (nSPS) is 19.2. The summed E-state index contributed by atoms with van der Waals surface area (Å²) < 4.78 is 5.47. The number of carbonyl (C=O) groups is 1. The maximum absolute atomic E-state index is 11.7. The number of aliphatic hydroxyl groups excluding tert-OH is 1. The van der Waals surface area contributed by atoms with Gasteiger partial charge in [-0.05, 0) is 12.0 Å². The number of nitrogens with zero attached hydrogens (tertiary/aromatic N) is 1. The van der Waals surface area contributed by atoms with E-state index in [1.807, 2.05) is 30.3 Å². The standard InChI is InChI=1S/C14H19NO3/c16-13-6-8-15(10-13)14(17)7-9-18-11-12-4-2-1-3-5-12/h1-5,13,16H,6-11H2/t13-/m0/s1. The molecule has 0 radical (unpaired) electrons. The van der Waals surface area contributed by atoms with Crippen molar-refractivity contribution in [1.29, 1.82) is 0 Å². The van der Waals surface area contributed by atoms with E-state index >= 15 is 0 Å². The third-order valence-corrected chi connectivity index (χ3v) is 3.09. The smallest absolute Gasteiger partial charge is 0.224 e. The first-order chi connectivity index (χ1) is 8.75. The average molecular weight is 249 g/mol. The third-order valence-electron chi connectivity index (χ3n) is 3.09. The molecular weight excluding hydrogens is 230 g/mol. The maximum atomic E-state index is 11.7. The topological polar surface area (TPSA) is 49.8 Å². The van der Waals surface area contributed by atoms with E-state index < -0.39 is 0 Å². The highest BCUT2D eigenvalue weighted by molar-refractivity contribution is 5.76. The number of rotatable bonds is 5. The van der Waals surface area contributed by atoms with Crippen LogP contribution in [0.3, 0.4) is 0 Å². The Bertz CT molecular complexity index is 380. The summed E-state index contributed by atoms with van der Waals surface area (Å²) in [5, 5.41) is 9.34. The Kier molecular flexibility index (Phi) is 4.73. The summed E-state index contributed by atoms with van der Waals surface area (Å²) >= 11 is 0. The Morgan fingerprint density at radius 2 is 2.17 bits per heavy atom. The van der Waals surface area contributed by atoms with E-state index in [9.17, 15) is 9.90 Å². The van der Waals surface area contributed by atoms with Crippen LogP contribution in [0.5, 0.6) is 0 Å². The van der Waals surface area contributed by atoms with Crippen LogP contribution in [0.1, 0.15) is 18.4 Å². The predicted molar refractivity (Wildman–Crippen MR) is 67.9 cm³/mol. The molecule has 1 aliphatic heterocycles. The fourth-order valence-electron chi connectivity index (χ4n) is 2.05. The van der Waals surface area contributed by atoms with Crippen LogP contribution in [0.25, 0.3) is 0 Å². The molecule has 1 N–H and O–H groups in total. The highest BCUT2D eigenvalue weighted by Crippen LogP contribution is 2.10. The van der Waals surface area contributed by atoms with Gasteiger partial charge in [0.15, 0.2) is 0 Å². The first kappa shape index (κ1) is 13.1. The highest BCUT2D eigenvalue weighted by atomic mass is 16.5. The van der Waals surface area contributed by atoms with Gasteiger partial charge in [-0.3, -0.25) is 4.79 Å². The molecule has 0 saturated carbocycles. The lowest BCUT2D eigenvalue weighted by molar-refractivity contribution is -0.131. The second-order valence-corrected chi connectivity index (χ2v) is 4.57. The fourth-order valence-corrected chi connectivity index (χ4v) is 2.05. The third kappa shape index (κ3) is 3.82. The molecule has 18 heavy (non-hydrogen) atoms. The van der Waals surface area contributed by atoms with E-state index in [1.54, 1.807) is 4.90 Å². The monoisotopic (exact) mass is 249 g/mol. The van der Waals surface area contributed by atoms with Crippen LogP contribution in [0.2, 0.25) is 0 Å². The lowest BCUT2D eigenvalue weighted by Gasteiger charge is -2.15. The maximum Gasteiger partial charge on any atom is 0.224 e. The largest absolute Gasteiger partial charge is 0.391 e. The lowest BCUT2D eigenvalue weighted by Crippen LogP contribution is -2.30. The summed E-state index contributed by atoms with van der Waals surface area (Å²) in [6.45, 7) is 2.10. The van der Waals surface area contributed by atoms with E-state index in [4.69, 9.17) is 4.74 Å². The van der Waals surface area contributed by atoms with Crippen molar-refractivity contribution in [3.05, 3.63) is 35.9 Å². The molecule has 98 valence electrons. The predicted octanol–water partition coefficient (Wildman–Crippen LogP) is 1.19. The van der Waals surface area contributed by atoms with Gasteiger partial charge in [0.05, 0.1) is 25.7 Å². The minimum absolute atomic E-state index is 0.0691. The van der Waals surface area contributed by atoms with Crippen molar-refractivity contribution in [2.24, 2.45) is 0 Å². The summed E-state index contributed by atoms with van der Waals surface area (Å²) in [7, 11) is 0. The van der Waals surface area contributed by atoms with E-state index in [2.05, 4.69) is 0 Å². The van der Waals surface area contributed by atoms with Crippen LogP contribution in [-0.4, -0.2) is 41.7 Å². The van der Waals surface area contributed by atoms with Gasteiger partial charge < -0.3 is 14.7 Å². The molecule has 0 aliphatic carbocycles. The fraction of sp³-hybridized carbons (Fsp3) is 0.500. The quantitative estimate of drug-likeness (QED) is 0.797. The van der Waals surface area contributed by atoms with Gasteiger partial charge in [0.2, 0.25) is 5.91 Å². The van der Waals surface area contributed by atoms with Crippen molar-refractivity contribution in [3.8, 4) is 0 Å². The molecule has 0 aromatic heterocycles. The molecule has 1 aliphatic rings. The second kappa shape index (κ2) is 6.52. The molecule has 4 heteroatoms. The van der Waals surface area contributed by atoms with Gasteiger partial charge in [-0.1, -0.05) is 30.3 Å². The van der Waals surface area contributed by atoms with E-state index in [0.717, 1.165) is 5.56 Å². The number of hydrogen-bond donors (Lipinski definition) is 1. The van der Waals surface area contributed by atoms with Crippen molar-refractivity contribution >= 4 is 5.91 Å². The van der Waals surface area contributed by atoms with Crippen LogP contribution in [0.4, 0.5) is 0 Å². The molecule has 1 saturated heterocycles. The van der Waals surface area contributed by atoms with E-state index in [1.165, 1.54) is 0 Å². The minimum Gasteiger partial charge on any atom is -0.391 e. The van der Waals surface area contributed by atoms with Gasteiger partial charge in [0, 0.05) is 13.1 Å². The van der Waals surface area contributed by atoms with Crippen molar-refractivity contribution in [2.45, 2.75) is 25.6 Å². The van der Waals surface area contributed by atoms with Crippen molar-refractivity contribution in [1.82, 2.24) is 4.90 Å². The number of amides is 1. The van der Waals surface area contributed by atoms with Gasteiger partial charge in [0.25, 0.3) is 0 Å². The van der Waals surface area contributed by atoms with E-state index in [-0.39, 0.29) is 12.0 Å². The molecule has 4 nitrogen and oxygen atoms in total. The molecular formula is C14H19NO3. The molecule has 0 bridgehead atoms. The molecule has 1 aromatic carbocycles. The van der Waals surface area contributed by atoms with Crippen LogP contribution < -0.4 is 0 Å². The van der Waals surface area contributed by atoms with Gasteiger partial charge in [0.1, 0.15) is 0 Å². The molecule has 1 amide bonds. The summed E-state index contributed by atoms with van der Waals surface area (Å²) in [4.78, 5) is 13.4. The van der Waals surface area contributed by atoms with E-state index in [0.29, 0.717) is 39.1 Å². The Balaban J connectivity index is 1.62. The summed E-state index contributed by atoms with van der Waals surface area (Å²) in [5.41, 5.74) is 1.11. The zero-order chi connectivity index (χ0) is 12.8. The SMILES string of the molecule is O=C(CCOCc1ccccc1)N1CC[C@H](O)C1. The van der Waals surface area contributed by atoms with Gasteiger partial charge in [-0.2, -0.15) is 0 Å². The number of aliphatic hydroxyl groups is 1. The van der Waals surface area contributed by atoms with Crippen LogP contribution in [0, 0.1) is 0 Å². The van der Waals surface area contributed by atoms with Crippen LogP contribution >= 0.6 is 0 Å². The molecule has 1 heterocycles. The molecule has 2 rings (SSSR count). The Morgan fingerprint density at radius 1 is 1.39 bits per heavy atom. The van der Waals surface area contributed by atoms with Crippen molar-refractivity contribution < 1.29 is 14.6 Å². The number of β-amino-alcohol motifs (C(OH)–C–C–N with tert-alkyl or cyclic N) is 1. The second-order valence-electron chi connectivity index (χ2n) is 4.57. The zero-order valence-electron chi connectivity index (χ0n) is 10.4. The van der Waals surface area contributed by atoms with Crippen LogP contribution in [0.15, 0.2) is 30.3 Å². The first-order valence-corrected chi connectivity index (χ1v) is 6.33. The van der Waals surface area contributed by atoms with Crippen molar-refractivity contribution in [2.75, 3.05) is 19.7 Å². The number of carbonyl (C=O) groups excluding carboxylic acids is 1. The molecule has 1 atom stereocenters. The molecule has 0 spiro atoms. The summed E-state index contributed by atoms with van der Waals surface area (Å²) in [5.74, 6) is 0.0691. The zero-order valence-corrected chi connectivity index (χ0v) is 10.4. The summed E-state index contributed by atoms with van der Waals surface area (Å²) in [6, 6.07) is 9.90. The Hall–Kier alpha value is -1.39. The van der Waals surface area contributed by atoms with Gasteiger partial charge in [-0.25, -0.2) is 0 Å². The minimum atomic E-state index is -0.348. The number of benzene rings is 1. The molecule has 1 aromatic rings. The molecule has 0 unspecified atom stereocenters. The summed E-state index contributed by atoms with van der Waals surface area (Å²) in [6.07, 6.45) is 0.732.